The van der Waals surface area contributed by atoms with Crippen molar-refractivity contribution < 1.29 is 0 Å². The zero-order valence-corrected chi connectivity index (χ0v) is 8.86. The third-order valence-corrected chi connectivity index (χ3v) is 2.44. The lowest BCUT2D eigenvalue weighted by Crippen LogP contribution is -1.96. The van der Waals surface area contributed by atoms with Gasteiger partial charge < -0.3 is 0 Å². The summed E-state index contributed by atoms with van der Waals surface area (Å²) in [6, 6.07) is 2.02. The van der Waals surface area contributed by atoms with Crippen LogP contribution in [0.1, 0.15) is 37.9 Å². The molecule has 0 aliphatic carbocycles. The van der Waals surface area contributed by atoms with Gasteiger partial charge in [0, 0.05) is 17.5 Å². The molecule has 0 saturated carbocycles. The van der Waals surface area contributed by atoms with Crippen molar-refractivity contribution in [3.8, 4) is 0 Å². The first-order valence-corrected chi connectivity index (χ1v) is 5.05. The van der Waals surface area contributed by atoms with Crippen LogP contribution in [0.4, 0.5) is 0 Å². The molecule has 0 saturated heterocycles. The Morgan fingerprint density at radius 1 is 1.43 bits per heavy atom. The van der Waals surface area contributed by atoms with Gasteiger partial charge in [-0.1, -0.05) is 20.8 Å². The van der Waals surface area contributed by atoms with Crippen LogP contribution in [0.5, 0.6) is 0 Å². The Hall–Kier alpha value is -1.38. The highest BCUT2D eigenvalue weighted by Gasteiger charge is 2.08. The maximum absolute atomic E-state index is 4.58. The van der Waals surface area contributed by atoms with E-state index in [0.717, 1.165) is 17.8 Å². The van der Waals surface area contributed by atoms with Crippen LogP contribution >= 0.6 is 0 Å². The number of hydrogen-bond acceptors (Lipinski definition) is 2. The van der Waals surface area contributed by atoms with Crippen molar-refractivity contribution in [1.29, 1.82) is 0 Å². The maximum atomic E-state index is 4.58. The molecule has 74 valence electrons. The van der Waals surface area contributed by atoms with Crippen LogP contribution in [0, 0.1) is 0 Å². The van der Waals surface area contributed by atoms with Crippen molar-refractivity contribution in [3.63, 3.8) is 0 Å². The molecule has 0 aliphatic rings. The summed E-state index contributed by atoms with van der Waals surface area (Å²) in [5, 5.41) is 4.27. The van der Waals surface area contributed by atoms with Crippen molar-refractivity contribution in [2.24, 2.45) is 0 Å². The molecule has 0 amide bonds. The fourth-order valence-electron chi connectivity index (χ4n) is 1.53. The lowest BCUT2D eigenvalue weighted by atomic mass is 10.1. The Kier molecular flexibility index (Phi) is 2.23. The van der Waals surface area contributed by atoms with Gasteiger partial charge in [0.15, 0.2) is 5.65 Å². The van der Waals surface area contributed by atoms with E-state index in [1.165, 1.54) is 5.56 Å². The molecule has 0 aromatic carbocycles. The molecule has 2 heterocycles. The number of aromatic nitrogens is 3. The molecule has 0 radical (unpaired) electrons. The van der Waals surface area contributed by atoms with Crippen LogP contribution in [-0.4, -0.2) is 14.6 Å². The van der Waals surface area contributed by atoms with E-state index >= 15 is 0 Å². The van der Waals surface area contributed by atoms with Gasteiger partial charge in [0.05, 0.1) is 6.20 Å². The highest BCUT2D eigenvalue weighted by atomic mass is 15.2. The van der Waals surface area contributed by atoms with E-state index in [4.69, 9.17) is 0 Å². The molecular weight excluding hydrogens is 174 g/mol. The van der Waals surface area contributed by atoms with Crippen LogP contribution in [0.2, 0.25) is 0 Å². The van der Waals surface area contributed by atoms with Gasteiger partial charge in [0.2, 0.25) is 0 Å². The number of rotatable bonds is 2. The first kappa shape index (κ1) is 9.19. The standard InChI is InChI=1S/C11H15N3/c1-4-9-5-6-14-11(13-9)10(7-12-14)8(2)3/h5-8H,4H2,1-3H3. The van der Waals surface area contributed by atoms with E-state index < -0.39 is 0 Å². The van der Waals surface area contributed by atoms with E-state index in [2.05, 4.69) is 30.9 Å². The normalized spacial score (nSPS) is 11.4. The van der Waals surface area contributed by atoms with Gasteiger partial charge in [-0.15, -0.1) is 0 Å². The van der Waals surface area contributed by atoms with Gasteiger partial charge in [-0.3, -0.25) is 0 Å². The zero-order valence-electron chi connectivity index (χ0n) is 8.86. The van der Waals surface area contributed by atoms with Crippen molar-refractivity contribution >= 4 is 5.65 Å². The van der Waals surface area contributed by atoms with Gasteiger partial charge >= 0.3 is 0 Å². The van der Waals surface area contributed by atoms with E-state index in [1.807, 2.05) is 23.0 Å². The molecule has 0 aliphatic heterocycles. The van der Waals surface area contributed by atoms with E-state index in [1.54, 1.807) is 0 Å². The number of aryl methyl sites for hydroxylation is 1. The van der Waals surface area contributed by atoms with Crippen molar-refractivity contribution in [3.05, 3.63) is 29.7 Å². The lowest BCUT2D eigenvalue weighted by molar-refractivity contribution is 0.868. The molecule has 0 N–H and O–H groups in total. The van der Waals surface area contributed by atoms with Crippen molar-refractivity contribution in [1.82, 2.24) is 14.6 Å². The van der Waals surface area contributed by atoms with E-state index in [-0.39, 0.29) is 0 Å². The second kappa shape index (κ2) is 3.40. The van der Waals surface area contributed by atoms with Gasteiger partial charge in [-0.05, 0) is 18.4 Å². The fraction of sp³-hybridized carbons (Fsp3) is 0.455. The molecule has 0 spiro atoms. The topological polar surface area (TPSA) is 30.2 Å². The summed E-state index contributed by atoms with van der Waals surface area (Å²) in [5.74, 6) is 0.479. The number of nitrogens with zero attached hydrogens (tertiary/aromatic N) is 3. The molecule has 2 aromatic rings. The molecule has 0 fully saturated rings. The fourth-order valence-corrected chi connectivity index (χ4v) is 1.53. The summed E-state index contributed by atoms with van der Waals surface area (Å²) in [7, 11) is 0. The molecular formula is C11H15N3. The van der Waals surface area contributed by atoms with Crippen molar-refractivity contribution in [2.75, 3.05) is 0 Å². The van der Waals surface area contributed by atoms with Crippen LogP contribution < -0.4 is 0 Å². The molecule has 0 atom stereocenters. The smallest absolute Gasteiger partial charge is 0.158 e. The molecule has 0 bridgehead atoms. The van der Waals surface area contributed by atoms with E-state index in [0.29, 0.717) is 5.92 Å². The Morgan fingerprint density at radius 3 is 2.86 bits per heavy atom. The van der Waals surface area contributed by atoms with Crippen LogP contribution in [0.3, 0.4) is 0 Å². The summed E-state index contributed by atoms with van der Waals surface area (Å²) in [6.45, 7) is 6.44. The monoisotopic (exact) mass is 189 g/mol. The largest absolute Gasteiger partial charge is 0.233 e. The minimum atomic E-state index is 0.479. The van der Waals surface area contributed by atoms with Gasteiger partial charge in [-0.25, -0.2) is 9.50 Å². The first-order valence-electron chi connectivity index (χ1n) is 5.05. The zero-order chi connectivity index (χ0) is 10.1. The molecule has 14 heavy (non-hydrogen) atoms. The van der Waals surface area contributed by atoms with Crippen LogP contribution in [-0.2, 0) is 6.42 Å². The Balaban J connectivity index is 2.63. The average molecular weight is 189 g/mol. The Bertz CT molecular complexity index is 443. The van der Waals surface area contributed by atoms with Gasteiger partial charge in [-0.2, -0.15) is 5.10 Å². The van der Waals surface area contributed by atoms with Crippen molar-refractivity contribution in [2.45, 2.75) is 33.1 Å². The third-order valence-electron chi connectivity index (χ3n) is 2.44. The molecule has 3 nitrogen and oxygen atoms in total. The Morgan fingerprint density at radius 2 is 2.21 bits per heavy atom. The summed E-state index contributed by atoms with van der Waals surface area (Å²) < 4.78 is 1.84. The van der Waals surface area contributed by atoms with E-state index in [9.17, 15) is 0 Å². The second-order valence-electron chi connectivity index (χ2n) is 3.80. The van der Waals surface area contributed by atoms with Gasteiger partial charge in [0.25, 0.3) is 0 Å². The van der Waals surface area contributed by atoms with Crippen LogP contribution in [0.15, 0.2) is 18.5 Å². The summed E-state index contributed by atoms with van der Waals surface area (Å²) in [6.07, 6.45) is 4.86. The SMILES string of the molecule is CCc1ccn2ncc(C(C)C)c2n1. The predicted octanol–water partition coefficient (Wildman–Crippen LogP) is 2.42. The quantitative estimate of drug-likeness (QED) is 0.726. The highest BCUT2D eigenvalue weighted by molar-refractivity contribution is 5.48. The minimum Gasteiger partial charge on any atom is -0.233 e. The maximum Gasteiger partial charge on any atom is 0.158 e. The third kappa shape index (κ3) is 1.39. The first-order chi connectivity index (χ1) is 6.72. The minimum absolute atomic E-state index is 0.479. The number of fused-ring (bicyclic) bond motifs is 1. The second-order valence-corrected chi connectivity index (χ2v) is 3.80. The summed E-state index contributed by atoms with van der Waals surface area (Å²) in [4.78, 5) is 4.58. The molecule has 3 heteroatoms. The highest BCUT2D eigenvalue weighted by Crippen LogP contribution is 2.18. The van der Waals surface area contributed by atoms with Gasteiger partial charge in [0.1, 0.15) is 0 Å². The van der Waals surface area contributed by atoms with Crippen LogP contribution in [0.25, 0.3) is 5.65 Å². The summed E-state index contributed by atoms with van der Waals surface area (Å²) >= 11 is 0. The molecule has 0 unspecified atom stereocenters. The predicted molar refractivity (Wildman–Crippen MR) is 56.5 cm³/mol. The average Bonchev–Trinajstić information content (AvgIpc) is 2.59. The lowest BCUT2D eigenvalue weighted by Gasteiger charge is -2.02. The number of hydrogen-bond donors (Lipinski definition) is 0. The summed E-state index contributed by atoms with van der Waals surface area (Å²) in [5.41, 5.74) is 3.35. The Labute approximate surface area is 83.8 Å². The molecule has 2 aromatic heterocycles. The molecule has 2 rings (SSSR count).